The number of aromatic hydroxyl groups is 1. The Morgan fingerprint density at radius 3 is 2.57 bits per heavy atom. The molecule has 0 saturated heterocycles. The molecule has 3 heterocycles. The maximum absolute atomic E-state index is 13.9. The zero-order valence-corrected chi connectivity index (χ0v) is 20.9. The van der Waals surface area contributed by atoms with Gasteiger partial charge in [-0.1, -0.05) is 54.2 Å². The summed E-state index contributed by atoms with van der Waals surface area (Å²) in [6.07, 6.45) is 0.576. The van der Waals surface area contributed by atoms with Crippen LogP contribution in [0.4, 0.5) is 0 Å². The Morgan fingerprint density at radius 2 is 1.83 bits per heavy atom. The molecule has 174 valence electrons. The van der Waals surface area contributed by atoms with Gasteiger partial charge in [0.2, 0.25) is 0 Å². The lowest BCUT2D eigenvalue weighted by Crippen LogP contribution is -2.24. The third-order valence-electron chi connectivity index (χ3n) is 6.33. The van der Waals surface area contributed by atoms with Crippen molar-refractivity contribution < 1.29 is 14.3 Å². The zero-order valence-electron chi connectivity index (χ0n) is 18.4. The molecule has 6 nitrogen and oxygen atoms in total. The fraction of sp³-hybridized carbons (Fsp3) is 0.111. The van der Waals surface area contributed by atoms with Crippen molar-refractivity contribution in [1.82, 2.24) is 4.57 Å². The highest BCUT2D eigenvalue weighted by Crippen LogP contribution is 2.43. The average molecular weight is 548 g/mol. The summed E-state index contributed by atoms with van der Waals surface area (Å²) in [5.41, 5.74) is 1.53. The Morgan fingerprint density at radius 1 is 1.09 bits per heavy atom. The molecule has 0 saturated carbocycles. The summed E-state index contributed by atoms with van der Waals surface area (Å²) in [7, 11) is 1.57. The van der Waals surface area contributed by atoms with Crippen molar-refractivity contribution in [3.05, 3.63) is 103 Å². The lowest BCUT2D eigenvalue weighted by molar-refractivity contribution is 0.415. The molecule has 8 heteroatoms. The number of halogens is 1. The number of rotatable bonds is 4. The molecule has 0 amide bonds. The van der Waals surface area contributed by atoms with Crippen LogP contribution in [0.25, 0.3) is 21.9 Å². The predicted molar refractivity (Wildman–Crippen MR) is 139 cm³/mol. The number of nitrogens with zero attached hydrogens (tertiary/aromatic N) is 1. The summed E-state index contributed by atoms with van der Waals surface area (Å²) in [5.74, 6) is 0.206. The molecule has 0 bridgehead atoms. The van der Waals surface area contributed by atoms with Crippen molar-refractivity contribution in [2.75, 3.05) is 7.11 Å². The first-order valence-electron chi connectivity index (χ1n) is 10.9. The predicted octanol–water partition coefficient (Wildman–Crippen LogP) is 5.88. The first-order chi connectivity index (χ1) is 17.0. The SMILES string of the molecule is COc1cc2c3c(c1)c1oc(=O)c(Sc4ccccc4Br)c(O)c1c(=O)n3C(c1ccccc1)C2. The number of benzene rings is 3. The van der Waals surface area contributed by atoms with Crippen LogP contribution >= 0.6 is 27.7 Å². The summed E-state index contributed by atoms with van der Waals surface area (Å²) in [4.78, 5) is 27.7. The fourth-order valence-corrected chi connectivity index (χ4v) is 6.16. The fourth-order valence-electron chi connectivity index (χ4n) is 4.78. The van der Waals surface area contributed by atoms with E-state index in [9.17, 15) is 14.7 Å². The lowest BCUT2D eigenvalue weighted by Gasteiger charge is -2.17. The summed E-state index contributed by atoms with van der Waals surface area (Å²) in [6, 6.07) is 20.5. The summed E-state index contributed by atoms with van der Waals surface area (Å²) in [6.45, 7) is 0. The number of methoxy groups -OCH3 is 1. The Labute approximate surface area is 211 Å². The molecule has 3 aromatic carbocycles. The van der Waals surface area contributed by atoms with Gasteiger partial charge in [0.1, 0.15) is 16.0 Å². The van der Waals surface area contributed by atoms with E-state index in [1.807, 2.05) is 60.7 Å². The van der Waals surface area contributed by atoms with Crippen LogP contribution < -0.4 is 15.9 Å². The van der Waals surface area contributed by atoms with Crippen LogP contribution in [0.2, 0.25) is 0 Å². The highest BCUT2D eigenvalue weighted by molar-refractivity contribution is 9.10. The number of hydrogen-bond donors (Lipinski definition) is 1. The van der Waals surface area contributed by atoms with E-state index in [0.29, 0.717) is 28.0 Å². The molecule has 0 radical (unpaired) electrons. The van der Waals surface area contributed by atoms with Gasteiger partial charge in [-0.2, -0.15) is 0 Å². The largest absolute Gasteiger partial charge is 0.505 e. The smallest absolute Gasteiger partial charge is 0.354 e. The molecule has 1 aliphatic heterocycles. The topological polar surface area (TPSA) is 81.7 Å². The van der Waals surface area contributed by atoms with Crippen LogP contribution in [0.3, 0.4) is 0 Å². The molecule has 0 aliphatic carbocycles. The van der Waals surface area contributed by atoms with Gasteiger partial charge < -0.3 is 14.3 Å². The molecule has 1 N–H and O–H groups in total. The number of ether oxygens (including phenoxy) is 1. The van der Waals surface area contributed by atoms with Crippen molar-refractivity contribution in [1.29, 1.82) is 0 Å². The van der Waals surface area contributed by atoms with E-state index < -0.39 is 11.2 Å². The van der Waals surface area contributed by atoms with Gasteiger partial charge in [0.05, 0.1) is 18.7 Å². The van der Waals surface area contributed by atoms with Gasteiger partial charge >= 0.3 is 5.63 Å². The van der Waals surface area contributed by atoms with Crippen LogP contribution in [0.1, 0.15) is 17.2 Å². The third-order valence-corrected chi connectivity index (χ3v) is 8.43. The van der Waals surface area contributed by atoms with E-state index in [1.54, 1.807) is 17.7 Å². The Kier molecular flexibility index (Phi) is 5.23. The van der Waals surface area contributed by atoms with Crippen molar-refractivity contribution in [3.63, 3.8) is 0 Å². The van der Waals surface area contributed by atoms with Gasteiger partial charge in [0, 0.05) is 14.8 Å². The van der Waals surface area contributed by atoms with Crippen LogP contribution in [-0.2, 0) is 6.42 Å². The van der Waals surface area contributed by atoms with Crippen LogP contribution in [-0.4, -0.2) is 16.8 Å². The first-order valence-corrected chi connectivity index (χ1v) is 12.5. The molecule has 0 fully saturated rings. The van der Waals surface area contributed by atoms with Crippen LogP contribution in [0, 0.1) is 0 Å². The molecule has 35 heavy (non-hydrogen) atoms. The van der Waals surface area contributed by atoms with Crippen molar-refractivity contribution >= 4 is 49.6 Å². The molecule has 1 unspecified atom stereocenters. The minimum Gasteiger partial charge on any atom is -0.505 e. The quantitative estimate of drug-likeness (QED) is 0.283. The molecule has 0 spiro atoms. The first kappa shape index (κ1) is 22.0. The zero-order chi connectivity index (χ0) is 24.3. The molecule has 6 rings (SSSR count). The number of hydrogen-bond acceptors (Lipinski definition) is 6. The van der Waals surface area contributed by atoms with Crippen LogP contribution in [0.15, 0.2) is 95.0 Å². The Bertz CT molecular complexity index is 1760. The third kappa shape index (κ3) is 3.39. The maximum Gasteiger partial charge on any atom is 0.354 e. The van der Waals surface area contributed by atoms with E-state index in [0.717, 1.165) is 27.4 Å². The molecular weight excluding hydrogens is 530 g/mol. The van der Waals surface area contributed by atoms with Crippen LogP contribution in [0.5, 0.6) is 11.5 Å². The monoisotopic (exact) mass is 547 g/mol. The molecule has 1 aliphatic rings. The minimum absolute atomic E-state index is 0.0197. The highest BCUT2D eigenvalue weighted by atomic mass is 79.9. The van der Waals surface area contributed by atoms with Gasteiger partial charge in [-0.05, 0) is 57.7 Å². The molecular formula is C27H18BrNO5S. The number of aromatic nitrogens is 1. The van der Waals surface area contributed by atoms with E-state index in [1.165, 1.54) is 0 Å². The van der Waals surface area contributed by atoms with E-state index >= 15 is 0 Å². The number of fused-ring (bicyclic) bond motifs is 2. The maximum atomic E-state index is 13.9. The summed E-state index contributed by atoms with van der Waals surface area (Å²) in [5, 5.41) is 11.8. The minimum atomic E-state index is -0.711. The molecule has 1 atom stereocenters. The molecule has 5 aromatic rings. The summed E-state index contributed by atoms with van der Waals surface area (Å²) < 4.78 is 13.7. The van der Waals surface area contributed by atoms with Crippen molar-refractivity contribution in [2.45, 2.75) is 22.3 Å². The summed E-state index contributed by atoms with van der Waals surface area (Å²) >= 11 is 4.52. The second-order valence-corrected chi connectivity index (χ2v) is 10.2. The van der Waals surface area contributed by atoms with Gasteiger partial charge in [-0.3, -0.25) is 9.36 Å². The second kappa shape index (κ2) is 8.32. The van der Waals surface area contributed by atoms with Gasteiger partial charge in [0.15, 0.2) is 11.3 Å². The second-order valence-electron chi connectivity index (χ2n) is 8.29. The van der Waals surface area contributed by atoms with Crippen molar-refractivity contribution in [3.8, 4) is 11.5 Å². The lowest BCUT2D eigenvalue weighted by atomic mass is 10.0. The van der Waals surface area contributed by atoms with Gasteiger partial charge in [0.25, 0.3) is 5.56 Å². The van der Waals surface area contributed by atoms with E-state index in [-0.39, 0.29) is 27.7 Å². The van der Waals surface area contributed by atoms with Gasteiger partial charge in [-0.15, -0.1) is 0 Å². The highest BCUT2D eigenvalue weighted by Gasteiger charge is 2.32. The number of pyridine rings is 1. The Balaban J connectivity index is 1.70. The van der Waals surface area contributed by atoms with E-state index in [4.69, 9.17) is 9.15 Å². The molecule has 2 aromatic heterocycles. The van der Waals surface area contributed by atoms with Crippen molar-refractivity contribution in [2.24, 2.45) is 0 Å². The van der Waals surface area contributed by atoms with Gasteiger partial charge in [-0.25, -0.2) is 4.79 Å². The Hall–Kier alpha value is -3.49. The average Bonchev–Trinajstić information content (AvgIpc) is 3.26. The normalized spacial score (nSPS) is 14.6. The van der Waals surface area contributed by atoms with E-state index in [2.05, 4.69) is 15.9 Å². The standard InChI is InChI=1S/C27H18BrNO5S/c1-33-16-11-15-12-19(14-7-3-2-4-8-14)29-22(15)17(13-16)24-21(26(29)31)23(30)25(27(32)34-24)35-20-10-6-5-9-18(20)28/h2-11,13,19,30H,12H2,1H3.